The van der Waals surface area contributed by atoms with Gasteiger partial charge in [0, 0.05) is 5.54 Å². The molecule has 0 unspecified atom stereocenters. The molecule has 0 bridgehead atoms. The van der Waals surface area contributed by atoms with Crippen LogP contribution in [0.25, 0.3) is 0 Å². The van der Waals surface area contributed by atoms with Gasteiger partial charge in [-0.3, -0.25) is 0 Å². The third-order valence-corrected chi connectivity index (χ3v) is 2.88. The minimum atomic E-state index is -1.83. The fourth-order valence-electron chi connectivity index (χ4n) is 1.69. The minimum absolute atomic E-state index is 0.00652. The van der Waals surface area contributed by atoms with Crippen molar-refractivity contribution >= 4 is 5.97 Å². The highest BCUT2D eigenvalue weighted by atomic mass is 19.2. The van der Waals surface area contributed by atoms with Crippen LogP contribution in [0.4, 0.5) is 13.2 Å². The van der Waals surface area contributed by atoms with E-state index in [-0.39, 0.29) is 12.0 Å². The van der Waals surface area contributed by atoms with Gasteiger partial charge >= 0.3 is 5.97 Å². The highest BCUT2D eigenvalue weighted by molar-refractivity contribution is 5.88. The summed E-state index contributed by atoms with van der Waals surface area (Å²) in [5, 5.41) is 8.54. The number of carboxylic acid groups (broad SMARTS) is 1. The molecule has 3 N–H and O–H groups in total. The van der Waals surface area contributed by atoms with E-state index >= 15 is 0 Å². The van der Waals surface area contributed by atoms with E-state index in [1.807, 2.05) is 0 Å². The highest BCUT2D eigenvalue weighted by Crippen LogP contribution is 2.36. The minimum Gasteiger partial charge on any atom is -0.477 e. The lowest BCUT2D eigenvalue weighted by atomic mass is 10.0. The Morgan fingerprint density at radius 1 is 1.35 bits per heavy atom. The average Bonchev–Trinajstić information content (AvgIpc) is 2.92. The van der Waals surface area contributed by atoms with Crippen molar-refractivity contribution in [3.05, 3.63) is 34.6 Å². The van der Waals surface area contributed by atoms with Gasteiger partial charge in [-0.25, -0.2) is 18.0 Å². The maximum absolute atomic E-state index is 13.5. The van der Waals surface area contributed by atoms with E-state index in [1.165, 1.54) is 0 Å². The second kappa shape index (κ2) is 3.73. The van der Waals surface area contributed by atoms with Crippen molar-refractivity contribution in [2.75, 3.05) is 0 Å². The van der Waals surface area contributed by atoms with E-state index in [0.29, 0.717) is 18.9 Å². The zero-order chi connectivity index (χ0) is 12.8. The molecule has 3 nitrogen and oxygen atoms in total. The Kier molecular flexibility index (Phi) is 2.61. The van der Waals surface area contributed by atoms with Crippen LogP contribution < -0.4 is 5.73 Å². The number of nitrogens with two attached hydrogens (primary N) is 1. The van der Waals surface area contributed by atoms with Gasteiger partial charge in [-0.1, -0.05) is 0 Å². The van der Waals surface area contributed by atoms with Crippen LogP contribution in [0.1, 0.15) is 28.8 Å². The molecular formula is C11H10F3NO2. The van der Waals surface area contributed by atoms with Crippen LogP contribution in [-0.2, 0) is 6.42 Å². The van der Waals surface area contributed by atoms with E-state index in [2.05, 4.69) is 0 Å². The van der Waals surface area contributed by atoms with Gasteiger partial charge in [0.05, 0.1) is 0 Å². The number of benzene rings is 1. The van der Waals surface area contributed by atoms with Gasteiger partial charge in [0.15, 0.2) is 11.6 Å². The average molecular weight is 245 g/mol. The van der Waals surface area contributed by atoms with Crippen LogP contribution in [0.3, 0.4) is 0 Å². The molecule has 1 aromatic rings. The Morgan fingerprint density at radius 2 is 1.94 bits per heavy atom. The summed E-state index contributed by atoms with van der Waals surface area (Å²) >= 11 is 0. The Balaban J connectivity index is 2.46. The van der Waals surface area contributed by atoms with Crippen molar-refractivity contribution in [1.29, 1.82) is 0 Å². The van der Waals surface area contributed by atoms with Crippen molar-refractivity contribution < 1.29 is 23.1 Å². The first-order valence-corrected chi connectivity index (χ1v) is 5.02. The molecule has 0 spiro atoms. The predicted octanol–water partition coefficient (Wildman–Crippen LogP) is 1.84. The number of carbonyl (C=O) groups is 1. The zero-order valence-corrected chi connectivity index (χ0v) is 8.77. The Morgan fingerprint density at radius 3 is 2.41 bits per heavy atom. The molecule has 1 aliphatic rings. The fourth-order valence-corrected chi connectivity index (χ4v) is 1.69. The van der Waals surface area contributed by atoms with Crippen LogP contribution in [0, 0.1) is 17.5 Å². The molecule has 0 heterocycles. The summed E-state index contributed by atoms with van der Waals surface area (Å²) in [5.41, 5.74) is 3.62. The summed E-state index contributed by atoms with van der Waals surface area (Å²) in [6.07, 6.45) is 1.33. The maximum atomic E-state index is 13.5. The van der Waals surface area contributed by atoms with Crippen molar-refractivity contribution in [2.45, 2.75) is 24.8 Å². The van der Waals surface area contributed by atoms with Gasteiger partial charge in [0.2, 0.25) is 0 Å². The molecule has 0 aromatic heterocycles. The van der Waals surface area contributed by atoms with E-state index in [4.69, 9.17) is 10.8 Å². The molecule has 92 valence electrons. The van der Waals surface area contributed by atoms with Crippen LogP contribution >= 0.6 is 0 Å². The molecule has 0 atom stereocenters. The molecule has 17 heavy (non-hydrogen) atoms. The monoisotopic (exact) mass is 245 g/mol. The molecule has 2 rings (SSSR count). The number of halogens is 3. The van der Waals surface area contributed by atoms with E-state index < -0.39 is 34.5 Å². The van der Waals surface area contributed by atoms with Crippen molar-refractivity contribution in [3.8, 4) is 0 Å². The van der Waals surface area contributed by atoms with Gasteiger partial charge in [0.25, 0.3) is 0 Å². The van der Waals surface area contributed by atoms with Gasteiger partial charge in [-0.15, -0.1) is 0 Å². The molecule has 1 fully saturated rings. The number of hydrogen-bond donors (Lipinski definition) is 2. The number of rotatable bonds is 3. The third-order valence-electron chi connectivity index (χ3n) is 2.88. The second-order valence-corrected chi connectivity index (χ2v) is 4.36. The second-order valence-electron chi connectivity index (χ2n) is 4.36. The molecule has 1 saturated carbocycles. The first kappa shape index (κ1) is 11.9. The normalized spacial score (nSPS) is 16.9. The Bertz CT molecular complexity index is 498. The number of aromatic carboxylic acids is 1. The van der Waals surface area contributed by atoms with Crippen LogP contribution in [0.2, 0.25) is 0 Å². The molecule has 0 saturated heterocycles. The molecular weight excluding hydrogens is 235 g/mol. The SMILES string of the molecule is NC1(Cc2cc(F)c(C(=O)O)c(F)c2F)CC1. The third kappa shape index (κ3) is 2.12. The molecule has 6 heteroatoms. The maximum Gasteiger partial charge on any atom is 0.341 e. The van der Waals surface area contributed by atoms with Crippen LogP contribution in [0.5, 0.6) is 0 Å². The van der Waals surface area contributed by atoms with Crippen molar-refractivity contribution in [3.63, 3.8) is 0 Å². The highest BCUT2D eigenvalue weighted by Gasteiger charge is 2.39. The van der Waals surface area contributed by atoms with E-state index in [0.717, 1.165) is 0 Å². The van der Waals surface area contributed by atoms with Gasteiger partial charge in [0.1, 0.15) is 11.4 Å². The predicted molar refractivity (Wildman–Crippen MR) is 53.1 cm³/mol. The molecule has 1 aliphatic carbocycles. The summed E-state index contributed by atoms with van der Waals surface area (Å²) in [7, 11) is 0. The topological polar surface area (TPSA) is 63.3 Å². The van der Waals surface area contributed by atoms with Gasteiger partial charge in [-0.2, -0.15) is 0 Å². The smallest absolute Gasteiger partial charge is 0.341 e. The van der Waals surface area contributed by atoms with Crippen LogP contribution in [0.15, 0.2) is 6.07 Å². The van der Waals surface area contributed by atoms with E-state index in [1.54, 1.807) is 0 Å². The van der Waals surface area contributed by atoms with Crippen molar-refractivity contribution in [2.24, 2.45) is 5.73 Å². The van der Waals surface area contributed by atoms with Gasteiger partial charge in [-0.05, 0) is 30.9 Å². The largest absolute Gasteiger partial charge is 0.477 e. The Labute approximate surface area is 95.0 Å². The Hall–Kier alpha value is -1.56. The molecule has 0 aliphatic heterocycles. The number of hydrogen-bond acceptors (Lipinski definition) is 2. The number of carboxylic acids is 1. The lowest BCUT2D eigenvalue weighted by Gasteiger charge is -2.11. The zero-order valence-electron chi connectivity index (χ0n) is 8.77. The lowest BCUT2D eigenvalue weighted by molar-refractivity contribution is 0.0685. The summed E-state index contributed by atoms with van der Waals surface area (Å²) in [5.74, 6) is -6.12. The summed E-state index contributed by atoms with van der Waals surface area (Å²) in [6.45, 7) is 0. The van der Waals surface area contributed by atoms with Gasteiger partial charge < -0.3 is 10.8 Å². The van der Waals surface area contributed by atoms with Crippen molar-refractivity contribution in [1.82, 2.24) is 0 Å². The summed E-state index contributed by atoms with van der Waals surface area (Å²) < 4.78 is 40.1. The molecule has 0 radical (unpaired) electrons. The molecule has 0 amide bonds. The summed E-state index contributed by atoms with van der Waals surface area (Å²) in [6, 6.07) is 0.703. The summed E-state index contributed by atoms with van der Waals surface area (Å²) in [4.78, 5) is 10.5. The quantitative estimate of drug-likeness (QED) is 0.798. The van der Waals surface area contributed by atoms with Crippen LogP contribution in [-0.4, -0.2) is 16.6 Å². The first-order chi connectivity index (χ1) is 7.84. The standard InChI is InChI=1S/C11H10F3NO2/c12-6-3-5(4-11(15)1-2-11)8(13)9(14)7(6)10(16)17/h3H,1-2,4,15H2,(H,16,17). The lowest BCUT2D eigenvalue weighted by Crippen LogP contribution is -2.25. The first-order valence-electron chi connectivity index (χ1n) is 5.02. The van der Waals surface area contributed by atoms with E-state index in [9.17, 15) is 18.0 Å². The molecule has 1 aromatic carbocycles. The fraction of sp³-hybridized carbons (Fsp3) is 0.364.